The molecule has 3 rings (SSSR count). The number of aromatic nitrogens is 2. The number of rotatable bonds is 4. The first-order chi connectivity index (χ1) is 10.6. The second kappa shape index (κ2) is 6.15. The molecule has 0 unspecified atom stereocenters. The second-order valence-electron chi connectivity index (χ2n) is 5.09. The lowest BCUT2D eigenvalue weighted by Crippen LogP contribution is -2.17. The maximum absolute atomic E-state index is 11.8. The van der Waals surface area contributed by atoms with Crippen LogP contribution in [-0.4, -0.2) is 35.3 Å². The van der Waals surface area contributed by atoms with Crippen LogP contribution in [0.5, 0.6) is 11.5 Å². The molecular formula is C15H16N2O5. The van der Waals surface area contributed by atoms with Gasteiger partial charge in [-0.15, -0.1) is 0 Å². The van der Waals surface area contributed by atoms with Gasteiger partial charge in [0.1, 0.15) is 6.61 Å². The van der Waals surface area contributed by atoms with Gasteiger partial charge >= 0.3 is 5.97 Å². The molecule has 1 aromatic heterocycles. The summed E-state index contributed by atoms with van der Waals surface area (Å²) < 4.78 is 16.3. The molecule has 0 spiro atoms. The molecule has 7 heteroatoms. The van der Waals surface area contributed by atoms with Crippen molar-refractivity contribution >= 4 is 16.9 Å². The van der Waals surface area contributed by atoms with Crippen molar-refractivity contribution in [3.63, 3.8) is 0 Å². The first kappa shape index (κ1) is 14.5. The lowest BCUT2D eigenvalue weighted by molar-refractivity contribution is -0.132. The molecule has 0 amide bonds. The highest BCUT2D eigenvalue weighted by Gasteiger charge is 2.18. The van der Waals surface area contributed by atoms with E-state index in [1.165, 1.54) is 25.4 Å². The molecule has 1 atom stereocenters. The maximum Gasteiger partial charge on any atom is 0.308 e. The van der Waals surface area contributed by atoms with Gasteiger partial charge in [-0.2, -0.15) is 0 Å². The summed E-state index contributed by atoms with van der Waals surface area (Å²) in [6, 6.07) is 3.06. The van der Waals surface area contributed by atoms with Crippen molar-refractivity contribution in [3.8, 4) is 11.5 Å². The Morgan fingerprint density at radius 3 is 3.05 bits per heavy atom. The number of carbonyl (C=O) groups excluding carboxylic acids is 1. The van der Waals surface area contributed by atoms with Crippen LogP contribution in [0.3, 0.4) is 0 Å². The quantitative estimate of drug-likeness (QED) is 0.678. The molecule has 0 aliphatic carbocycles. The van der Waals surface area contributed by atoms with Crippen molar-refractivity contribution in [2.75, 3.05) is 13.2 Å². The van der Waals surface area contributed by atoms with Gasteiger partial charge in [0.25, 0.3) is 5.56 Å². The number of hydrogen-bond acceptors (Lipinski definition) is 6. The van der Waals surface area contributed by atoms with Crippen molar-refractivity contribution in [1.29, 1.82) is 0 Å². The highest BCUT2D eigenvalue weighted by Crippen LogP contribution is 2.31. The van der Waals surface area contributed by atoms with E-state index in [2.05, 4.69) is 9.97 Å². The molecule has 2 heterocycles. The molecular weight excluding hydrogens is 288 g/mol. The van der Waals surface area contributed by atoms with Crippen LogP contribution in [0.15, 0.2) is 23.3 Å². The normalized spacial score (nSPS) is 17.6. The Morgan fingerprint density at radius 1 is 1.45 bits per heavy atom. The van der Waals surface area contributed by atoms with Gasteiger partial charge in [0, 0.05) is 19.6 Å². The topological polar surface area (TPSA) is 90.5 Å². The Morgan fingerprint density at radius 2 is 2.32 bits per heavy atom. The van der Waals surface area contributed by atoms with Crippen LogP contribution in [0.2, 0.25) is 0 Å². The minimum atomic E-state index is -0.467. The number of carbonyl (C=O) groups is 1. The Labute approximate surface area is 126 Å². The first-order valence-electron chi connectivity index (χ1n) is 7.08. The Bertz CT molecular complexity index is 749. The molecule has 7 nitrogen and oxygen atoms in total. The summed E-state index contributed by atoms with van der Waals surface area (Å²) in [6.07, 6.45) is 3.26. The number of nitrogens with zero attached hydrogens (tertiary/aromatic N) is 1. The van der Waals surface area contributed by atoms with Gasteiger partial charge in [0.2, 0.25) is 0 Å². The van der Waals surface area contributed by atoms with Gasteiger partial charge in [-0.25, -0.2) is 4.98 Å². The molecule has 0 bridgehead atoms. The standard InChI is InChI=1S/C15H16N2O5/c1-9(18)22-14-6-12-11(15(19)17-8-16-12)5-13(14)21-7-10-3-2-4-20-10/h5-6,8,10H,2-4,7H2,1H3,(H,16,17,19)/t10-/m0/s1. The third-order valence-electron chi connectivity index (χ3n) is 3.41. The molecule has 1 aliphatic rings. The van der Waals surface area contributed by atoms with Crippen molar-refractivity contribution in [2.24, 2.45) is 0 Å². The monoisotopic (exact) mass is 304 g/mol. The van der Waals surface area contributed by atoms with Crippen LogP contribution in [0.1, 0.15) is 19.8 Å². The molecule has 1 aromatic carbocycles. The molecule has 1 N–H and O–H groups in total. The SMILES string of the molecule is CC(=O)Oc1cc2nc[nH]c(=O)c2cc1OC[C@@H]1CCCO1. The lowest BCUT2D eigenvalue weighted by Gasteiger charge is -2.14. The van der Waals surface area contributed by atoms with E-state index in [0.29, 0.717) is 23.3 Å². The minimum Gasteiger partial charge on any atom is -0.487 e. The Kier molecular flexibility index (Phi) is 4.06. The highest BCUT2D eigenvalue weighted by atomic mass is 16.6. The number of fused-ring (bicyclic) bond motifs is 1. The van der Waals surface area contributed by atoms with Gasteiger partial charge < -0.3 is 19.2 Å². The van der Waals surface area contributed by atoms with Crippen LogP contribution >= 0.6 is 0 Å². The number of hydrogen-bond donors (Lipinski definition) is 1. The Balaban J connectivity index is 1.94. The summed E-state index contributed by atoms with van der Waals surface area (Å²) in [6.45, 7) is 2.38. The Hall–Kier alpha value is -2.41. The number of H-pyrrole nitrogens is 1. The van der Waals surface area contributed by atoms with Crippen molar-refractivity contribution in [1.82, 2.24) is 9.97 Å². The average Bonchev–Trinajstić information content (AvgIpc) is 2.98. The highest BCUT2D eigenvalue weighted by molar-refractivity contribution is 5.83. The lowest BCUT2D eigenvalue weighted by atomic mass is 10.2. The van der Waals surface area contributed by atoms with Crippen LogP contribution in [-0.2, 0) is 9.53 Å². The fourth-order valence-electron chi connectivity index (χ4n) is 2.38. The number of aromatic amines is 1. The summed E-state index contributed by atoms with van der Waals surface area (Å²) in [7, 11) is 0. The number of benzene rings is 1. The van der Waals surface area contributed by atoms with E-state index >= 15 is 0 Å². The van der Waals surface area contributed by atoms with Gasteiger partial charge in [0.15, 0.2) is 11.5 Å². The summed E-state index contributed by atoms with van der Waals surface area (Å²) in [5.41, 5.74) is 0.158. The summed E-state index contributed by atoms with van der Waals surface area (Å²) in [5.74, 6) is 0.110. The molecule has 0 saturated carbocycles. The largest absolute Gasteiger partial charge is 0.487 e. The molecule has 1 aliphatic heterocycles. The summed E-state index contributed by atoms with van der Waals surface area (Å²) >= 11 is 0. The number of ether oxygens (including phenoxy) is 3. The fourth-order valence-corrected chi connectivity index (χ4v) is 2.38. The van der Waals surface area contributed by atoms with E-state index in [9.17, 15) is 9.59 Å². The minimum absolute atomic E-state index is 0.0213. The van der Waals surface area contributed by atoms with Crippen LogP contribution < -0.4 is 15.0 Å². The third-order valence-corrected chi connectivity index (χ3v) is 3.41. The molecule has 22 heavy (non-hydrogen) atoms. The smallest absolute Gasteiger partial charge is 0.308 e. The zero-order valence-electron chi connectivity index (χ0n) is 12.1. The predicted molar refractivity (Wildman–Crippen MR) is 78.1 cm³/mol. The number of esters is 1. The molecule has 1 fully saturated rings. The average molecular weight is 304 g/mol. The molecule has 2 aromatic rings. The van der Waals surface area contributed by atoms with Gasteiger partial charge in [-0.1, -0.05) is 0 Å². The third kappa shape index (κ3) is 3.09. The van der Waals surface area contributed by atoms with E-state index < -0.39 is 5.97 Å². The van der Waals surface area contributed by atoms with Crippen molar-refractivity contribution < 1.29 is 19.0 Å². The van der Waals surface area contributed by atoms with Crippen molar-refractivity contribution in [2.45, 2.75) is 25.9 Å². The zero-order chi connectivity index (χ0) is 15.5. The fraction of sp³-hybridized carbons (Fsp3) is 0.400. The van der Waals surface area contributed by atoms with Crippen LogP contribution in [0.25, 0.3) is 10.9 Å². The summed E-state index contributed by atoms with van der Waals surface area (Å²) in [4.78, 5) is 29.6. The second-order valence-corrected chi connectivity index (χ2v) is 5.09. The molecule has 1 saturated heterocycles. The van der Waals surface area contributed by atoms with Gasteiger partial charge in [0.05, 0.1) is 23.3 Å². The zero-order valence-corrected chi connectivity index (χ0v) is 12.1. The van der Waals surface area contributed by atoms with E-state index in [4.69, 9.17) is 14.2 Å². The predicted octanol–water partition coefficient (Wildman–Crippen LogP) is 1.41. The van der Waals surface area contributed by atoms with Crippen molar-refractivity contribution in [3.05, 3.63) is 28.8 Å². The van der Waals surface area contributed by atoms with E-state index in [1.807, 2.05) is 0 Å². The first-order valence-corrected chi connectivity index (χ1v) is 7.08. The van der Waals surface area contributed by atoms with Gasteiger partial charge in [-0.3, -0.25) is 9.59 Å². The van der Waals surface area contributed by atoms with Crippen LogP contribution in [0.4, 0.5) is 0 Å². The number of nitrogens with one attached hydrogen (secondary N) is 1. The van der Waals surface area contributed by atoms with E-state index in [-0.39, 0.29) is 17.4 Å². The van der Waals surface area contributed by atoms with Gasteiger partial charge in [-0.05, 0) is 18.9 Å². The van der Waals surface area contributed by atoms with E-state index in [0.717, 1.165) is 19.4 Å². The van der Waals surface area contributed by atoms with E-state index in [1.54, 1.807) is 0 Å². The van der Waals surface area contributed by atoms with Crippen LogP contribution in [0, 0.1) is 0 Å². The molecule has 116 valence electrons. The molecule has 0 radical (unpaired) electrons. The maximum atomic E-state index is 11.8. The summed E-state index contributed by atoms with van der Waals surface area (Å²) in [5, 5.41) is 0.376.